The van der Waals surface area contributed by atoms with Crippen LogP contribution in [0.2, 0.25) is 0 Å². The van der Waals surface area contributed by atoms with Gasteiger partial charge in [-0.15, -0.1) is 23.2 Å². The van der Waals surface area contributed by atoms with Gasteiger partial charge in [0.15, 0.2) is 0 Å². The van der Waals surface area contributed by atoms with Crippen LogP contribution in [0.25, 0.3) is 0 Å². The van der Waals surface area contributed by atoms with Crippen LogP contribution >= 0.6 is 23.2 Å². The summed E-state index contributed by atoms with van der Waals surface area (Å²) in [6.07, 6.45) is -4.19. The summed E-state index contributed by atoms with van der Waals surface area (Å²) in [5, 5.41) is 0. The standard InChI is InChI=1S/C7H9Cl2F3/c1-3-5(6(3,8)9)4(2)7(10,11)12/h3-5H,1-2H3. The fraction of sp³-hybridized carbons (Fsp3) is 1.00. The Hall–Kier alpha value is 0.370. The highest BCUT2D eigenvalue weighted by molar-refractivity contribution is 6.51. The van der Waals surface area contributed by atoms with Crippen molar-refractivity contribution in [2.75, 3.05) is 0 Å². The number of rotatable bonds is 1. The monoisotopic (exact) mass is 220 g/mol. The Labute approximate surface area is 79.0 Å². The molecule has 1 aliphatic carbocycles. The predicted octanol–water partition coefficient (Wildman–Crippen LogP) is 3.62. The highest BCUT2D eigenvalue weighted by Gasteiger charge is 2.66. The molecule has 0 nitrogen and oxygen atoms in total. The Morgan fingerprint density at radius 1 is 1.33 bits per heavy atom. The second-order valence-corrected chi connectivity index (χ2v) is 4.76. The van der Waals surface area contributed by atoms with Crippen molar-refractivity contribution in [1.29, 1.82) is 0 Å². The topological polar surface area (TPSA) is 0 Å². The van der Waals surface area contributed by atoms with Crippen LogP contribution < -0.4 is 0 Å². The Morgan fingerprint density at radius 3 is 1.75 bits per heavy atom. The number of hydrogen-bond donors (Lipinski definition) is 0. The maximum atomic E-state index is 12.1. The average molecular weight is 221 g/mol. The minimum absolute atomic E-state index is 0.266. The molecule has 1 fully saturated rings. The molecule has 72 valence electrons. The molecule has 1 aliphatic rings. The van der Waals surface area contributed by atoms with Crippen molar-refractivity contribution in [3.63, 3.8) is 0 Å². The molecular formula is C7H9Cl2F3. The zero-order chi connectivity index (χ0) is 9.73. The third kappa shape index (κ3) is 1.53. The molecule has 0 N–H and O–H groups in total. The minimum atomic E-state index is -4.19. The minimum Gasteiger partial charge on any atom is -0.171 e. The normalized spacial score (nSPS) is 36.2. The Kier molecular flexibility index (Phi) is 2.33. The molecule has 3 atom stereocenters. The molecule has 12 heavy (non-hydrogen) atoms. The number of alkyl halides is 5. The second-order valence-electron chi connectivity index (χ2n) is 3.32. The molecule has 0 amide bonds. The molecule has 0 bridgehead atoms. The first-order valence-corrected chi connectivity index (χ1v) is 4.39. The highest BCUT2D eigenvalue weighted by Crippen LogP contribution is 2.64. The molecule has 1 rings (SSSR count). The van der Waals surface area contributed by atoms with Crippen molar-refractivity contribution in [2.24, 2.45) is 17.8 Å². The molecule has 1 saturated carbocycles. The zero-order valence-electron chi connectivity index (χ0n) is 6.62. The zero-order valence-corrected chi connectivity index (χ0v) is 8.13. The lowest BCUT2D eigenvalue weighted by atomic mass is 10.0. The van der Waals surface area contributed by atoms with Gasteiger partial charge in [-0.05, 0) is 5.92 Å². The molecule has 0 aliphatic heterocycles. The van der Waals surface area contributed by atoms with Gasteiger partial charge in [0.2, 0.25) is 0 Å². The van der Waals surface area contributed by atoms with Gasteiger partial charge < -0.3 is 0 Å². The quantitative estimate of drug-likeness (QED) is 0.593. The first-order valence-electron chi connectivity index (χ1n) is 3.63. The summed E-state index contributed by atoms with van der Waals surface area (Å²) < 4.78 is 35.2. The maximum absolute atomic E-state index is 12.1. The van der Waals surface area contributed by atoms with Gasteiger partial charge in [-0.25, -0.2) is 0 Å². The summed E-state index contributed by atoms with van der Waals surface area (Å²) in [6, 6.07) is 0. The SMILES string of the molecule is CC(C1C(C)C1(Cl)Cl)C(F)(F)F. The summed E-state index contributed by atoms with van der Waals surface area (Å²) in [4.78, 5) is 0. The lowest BCUT2D eigenvalue weighted by Crippen LogP contribution is -2.23. The first kappa shape index (κ1) is 10.5. The first-order chi connectivity index (χ1) is 5.19. The van der Waals surface area contributed by atoms with Crippen molar-refractivity contribution in [3.05, 3.63) is 0 Å². The van der Waals surface area contributed by atoms with E-state index in [4.69, 9.17) is 23.2 Å². The summed E-state index contributed by atoms with van der Waals surface area (Å²) in [7, 11) is 0. The molecule has 5 heteroatoms. The van der Waals surface area contributed by atoms with Gasteiger partial charge in [-0.2, -0.15) is 13.2 Å². The second kappa shape index (κ2) is 2.68. The van der Waals surface area contributed by atoms with E-state index >= 15 is 0 Å². The molecule has 0 spiro atoms. The molecule has 0 aromatic rings. The van der Waals surface area contributed by atoms with Crippen LogP contribution in [0.5, 0.6) is 0 Å². The lowest BCUT2D eigenvalue weighted by molar-refractivity contribution is -0.176. The molecule has 0 aromatic heterocycles. The van der Waals surface area contributed by atoms with Gasteiger partial charge in [0.25, 0.3) is 0 Å². The van der Waals surface area contributed by atoms with E-state index in [0.717, 1.165) is 6.92 Å². The van der Waals surface area contributed by atoms with E-state index in [1.54, 1.807) is 6.92 Å². The summed E-state index contributed by atoms with van der Waals surface area (Å²) in [5.74, 6) is -2.33. The number of hydrogen-bond acceptors (Lipinski definition) is 0. The van der Waals surface area contributed by atoms with E-state index in [9.17, 15) is 13.2 Å². The van der Waals surface area contributed by atoms with E-state index in [0.29, 0.717) is 0 Å². The van der Waals surface area contributed by atoms with Crippen LogP contribution in [0.4, 0.5) is 13.2 Å². The van der Waals surface area contributed by atoms with Crippen LogP contribution in [0.15, 0.2) is 0 Å². The van der Waals surface area contributed by atoms with Gasteiger partial charge in [0.05, 0.1) is 5.92 Å². The van der Waals surface area contributed by atoms with Crippen LogP contribution in [0, 0.1) is 17.8 Å². The van der Waals surface area contributed by atoms with Gasteiger partial charge in [0.1, 0.15) is 4.33 Å². The van der Waals surface area contributed by atoms with Crippen LogP contribution in [-0.4, -0.2) is 10.5 Å². The average Bonchev–Trinajstić information content (AvgIpc) is 2.30. The summed E-state index contributed by atoms with van der Waals surface area (Å²) >= 11 is 11.2. The van der Waals surface area contributed by atoms with E-state index in [2.05, 4.69) is 0 Å². The third-order valence-electron chi connectivity index (χ3n) is 2.54. The van der Waals surface area contributed by atoms with E-state index in [-0.39, 0.29) is 5.92 Å². The molecular weight excluding hydrogens is 212 g/mol. The van der Waals surface area contributed by atoms with E-state index in [1.165, 1.54) is 0 Å². The van der Waals surface area contributed by atoms with E-state index in [1.807, 2.05) is 0 Å². The summed E-state index contributed by atoms with van der Waals surface area (Å²) in [6.45, 7) is 2.75. The van der Waals surface area contributed by atoms with E-state index < -0.39 is 22.3 Å². The molecule has 0 saturated heterocycles. The van der Waals surface area contributed by atoms with Gasteiger partial charge in [-0.3, -0.25) is 0 Å². The predicted molar refractivity (Wildman–Crippen MR) is 42.3 cm³/mol. The Balaban J connectivity index is 2.64. The molecule has 0 radical (unpaired) electrons. The number of halogens is 5. The fourth-order valence-electron chi connectivity index (χ4n) is 1.48. The van der Waals surface area contributed by atoms with Crippen molar-refractivity contribution >= 4 is 23.2 Å². The molecule has 0 aromatic carbocycles. The molecule has 3 unspecified atom stereocenters. The Morgan fingerprint density at radius 2 is 1.67 bits per heavy atom. The summed E-state index contributed by atoms with van der Waals surface area (Å²) in [5.41, 5.74) is 0. The molecule has 0 heterocycles. The lowest BCUT2D eigenvalue weighted by Gasteiger charge is -2.15. The van der Waals surface area contributed by atoms with Crippen molar-refractivity contribution in [2.45, 2.75) is 24.4 Å². The van der Waals surface area contributed by atoms with Gasteiger partial charge >= 0.3 is 6.18 Å². The Bertz CT molecular complexity index is 177. The fourth-order valence-corrected chi connectivity index (χ4v) is 2.38. The van der Waals surface area contributed by atoms with Crippen LogP contribution in [0.1, 0.15) is 13.8 Å². The van der Waals surface area contributed by atoms with Gasteiger partial charge in [-0.1, -0.05) is 13.8 Å². The van der Waals surface area contributed by atoms with Gasteiger partial charge in [0, 0.05) is 5.92 Å². The third-order valence-corrected chi connectivity index (χ3v) is 3.73. The largest absolute Gasteiger partial charge is 0.391 e. The van der Waals surface area contributed by atoms with Crippen molar-refractivity contribution in [3.8, 4) is 0 Å². The highest BCUT2D eigenvalue weighted by atomic mass is 35.5. The van der Waals surface area contributed by atoms with Crippen LogP contribution in [-0.2, 0) is 0 Å². The van der Waals surface area contributed by atoms with Crippen LogP contribution in [0.3, 0.4) is 0 Å². The van der Waals surface area contributed by atoms with Crippen molar-refractivity contribution < 1.29 is 13.2 Å². The smallest absolute Gasteiger partial charge is 0.171 e. The maximum Gasteiger partial charge on any atom is 0.391 e. The van der Waals surface area contributed by atoms with Crippen molar-refractivity contribution in [1.82, 2.24) is 0 Å².